The molecule has 1 heterocycles. The molecule has 1 heteroatoms. The van der Waals surface area contributed by atoms with Crippen molar-refractivity contribution in [1.29, 1.82) is 0 Å². The summed E-state index contributed by atoms with van der Waals surface area (Å²) in [4.78, 5) is 0. The molecule has 0 aromatic heterocycles. The molecular formula is C7H13N. The number of hydrogen-bond donors (Lipinski definition) is 0. The van der Waals surface area contributed by atoms with E-state index in [-0.39, 0.29) is 0 Å². The lowest BCUT2D eigenvalue weighted by Crippen LogP contribution is -2.05. The van der Waals surface area contributed by atoms with Gasteiger partial charge in [-0.05, 0) is 0 Å². The van der Waals surface area contributed by atoms with Crippen LogP contribution >= 0.6 is 0 Å². The van der Waals surface area contributed by atoms with Crippen molar-refractivity contribution < 1.29 is 4.58 Å². The predicted molar refractivity (Wildman–Crippen MR) is 35.3 cm³/mol. The Kier molecular flexibility index (Phi) is 2.07. The van der Waals surface area contributed by atoms with E-state index in [4.69, 9.17) is 0 Å². The van der Waals surface area contributed by atoms with Crippen LogP contribution in [0.2, 0.25) is 0 Å². The van der Waals surface area contributed by atoms with Gasteiger partial charge in [0.25, 0.3) is 0 Å². The summed E-state index contributed by atoms with van der Waals surface area (Å²) in [5.74, 6) is 0. The van der Waals surface area contributed by atoms with Gasteiger partial charge in [-0.2, -0.15) is 0 Å². The maximum absolute atomic E-state index is 3.75. The van der Waals surface area contributed by atoms with Crippen molar-refractivity contribution in [3.05, 3.63) is 6.92 Å². The third kappa shape index (κ3) is 1.32. The minimum atomic E-state index is 0.944. The lowest BCUT2D eigenvalue weighted by molar-refractivity contribution is -0.502. The van der Waals surface area contributed by atoms with E-state index in [0.717, 1.165) is 6.42 Å². The van der Waals surface area contributed by atoms with Crippen LogP contribution in [0.1, 0.15) is 19.3 Å². The maximum Gasteiger partial charge on any atom is 0.142 e. The molecule has 0 aliphatic carbocycles. The van der Waals surface area contributed by atoms with Gasteiger partial charge in [-0.1, -0.05) is 0 Å². The third-order valence-corrected chi connectivity index (χ3v) is 1.53. The monoisotopic (exact) mass is 111 g/mol. The van der Waals surface area contributed by atoms with Gasteiger partial charge in [0.2, 0.25) is 0 Å². The first-order chi connectivity index (χ1) is 3.93. The molecule has 0 aromatic carbocycles. The Bertz CT molecular complexity index is 86.6. The summed E-state index contributed by atoms with van der Waals surface area (Å²) in [6.45, 7) is 6.27. The molecule has 1 aliphatic heterocycles. The molecule has 46 valence electrons. The van der Waals surface area contributed by atoms with Crippen molar-refractivity contribution >= 4 is 6.21 Å². The van der Waals surface area contributed by atoms with Crippen molar-refractivity contribution in [3.63, 3.8) is 0 Å². The van der Waals surface area contributed by atoms with Crippen LogP contribution in [0.4, 0.5) is 0 Å². The maximum atomic E-state index is 3.75. The molecule has 8 heavy (non-hydrogen) atoms. The van der Waals surface area contributed by atoms with E-state index >= 15 is 0 Å². The van der Waals surface area contributed by atoms with Crippen molar-refractivity contribution in [2.24, 2.45) is 0 Å². The van der Waals surface area contributed by atoms with E-state index in [1.54, 1.807) is 0 Å². The van der Waals surface area contributed by atoms with Gasteiger partial charge in [-0.3, -0.25) is 0 Å². The second kappa shape index (κ2) is 2.85. The Morgan fingerprint density at radius 1 is 1.38 bits per heavy atom. The molecule has 0 spiro atoms. The van der Waals surface area contributed by atoms with Gasteiger partial charge in [0.15, 0.2) is 0 Å². The van der Waals surface area contributed by atoms with Crippen LogP contribution in [-0.4, -0.2) is 23.9 Å². The first-order valence-electron chi connectivity index (χ1n) is 3.30. The molecule has 1 aliphatic rings. The molecule has 0 radical (unpaired) electrons. The number of hydrogen-bond acceptors (Lipinski definition) is 0. The van der Waals surface area contributed by atoms with E-state index in [1.807, 2.05) is 0 Å². The fraction of sp³-hybridized carbons (Fsp3) is 0.714. The fourth-order valence-electron chi connectivity index (χ4n) is 1.11. The summed E-state index contributed by atoms with van der Waals surface area (Å²) < 4.78 is 2.35. The quantitative estimate of drug-likeness (QED) is 0.352. The van der Waals surface area contributed by atoms with Gasteiger partial charge in [-0.15, -0.1) is 6.42 Å². The molecule has 1 fully saturated rings. The van der Waals surface area contributed by atoms with E-state index in [1.165, 1.54) is 25.9 Å². The molecule has 1 saturated heterocycles. The van der Waals surface area contributed by atoms with Gasteiger partial charge in [-0.25, -0.2) is 4.58 Å². The molecule has 0 aromatic rings. The Balaban J connectivity index is 2.33. The molecule has 0 atom stereocenters. The highest BCUT2D eigenvalue weighted by Crippen LogP contribution is 1.99. The lowest BCUT2D eigenvalue weighted by Gasteiger charge is -1.88. The molecule has 0 saturated carbocycles. The standard InChI is InChI=1S/C7H13N/c1-2-5-8-6-3-4-7-8/h5H,1-4,6-7H2. The number of nitrogens with zero attached hydrogens (tertiary/aromatic N) is 1. The lowest BCUT2D eigenvalue weighted by atomic mass is 10.4. The van der Waals surface area contributed by atoms with Crippen molar-refractivity contribution in [2.75, 3.05) is 13.1 Å². The van der Waals surface area contributed by atoms with Gasteiger partial charge < -0.3 is 6.92 Å². The molecule has 0 N–H and O–H groups in total. The zero-order chi connectivity index (χ0) is 5.82. The van der Waals surface area contributed by atoms with Crippen molar-refractivity contribution in [3.8, 4) is 0 Å². The van der Waals surface area contributed by atoms with Gasteiger partial charge in [0.1, 0.15) is 19.3 Å². The van der Waals surface area contributed by atoms with Crippen LogP contribution in [0.25, 0.3) is 0 Å². The average Bonchev–Trinajstić information content (AvgIpc) is 2.19. The molecule has 1 rings (SSSR count). The predicted octanol–water partition coefficient (Wildman–Crippen LogP) is 1.09. The second-order valence-electron chi connectivity index (χ2n) is 2.21. The molecule has 0 unspecified atom stereocenters. The Labute approximate surface area is 51.0 Å². The summed E-state index contributed by atoms with van der Waals surface area (Å²) >= 11 is 0. The van der Waals surface area contributed by atoms with Gasteiger partial charge in [0, 0.05) is 12.8 Å². The van der Waals surface area contributed by atoms with E-state index < -0.39 is 0 Å². The average molecular weight is 111 g/mol. The molecule has 0 amide bonds. The molecule has 0 bridgehead atoms. The van der Waals surface area contributed by atoms with Crippen molar-refractivity contribution in [2.45, 2.75) is 19.3 Å². The Morgan fingerprint density at radius 3 is 2.50 bits per heavy atom. The summed E-state index contributed by atoms with van der Waals surface area (Å²) in [6.07, 6.45) is 5.88. The molecular weight excluding hydrogens is 98.1 g/mol. The van der Waals surface area contributed by atoms with E-state index in [2.05, 4.69) is 17.7 Å². The zero-order valence-corrected chi connectivity index (χ0v) is 5.27. The van der Waals surface area contributed by atoms with Gasteiger partial charge >= 0.3 is 0 Å². The van der Waals surface area contributed by atoms with Crippen LogP contribution in [0.5, 0.6) is 0 Å². The number of rotatable bonds is 1. The minimum Gasteiger partial charge on any atom is -0.334 e. The summed E-state index contributed by atoms with van der Waals surface area (Å²) in [5, 5.41) is 0. The highest BCUT2D eigenvalue weighted by atomic mass is 15.0. The van der Waals surface area contributed by atoms with Crippen LogP contribution in [0.15, 0.2) is 0 Å². The van der Waals surface area contributed by atoms with Crippen molar-refractivity contribution in [1.82, 2.24) is 0 Å². The van der Waals surface area contributed by atoms with E-state index in [0.29, 0.717) is 0 Å². The first-order valence-corrected chi connectivity index (χ1v) is 3.30. The second-order valence-corrected chi connectivity index (χ2v) is 2.21. The highest BCUT2D eigenvalue weighted by Gasteiger charge is 2.09. The third-order valence-electron chi connectivity index (χ3n) is 1.53. The highest BCUT2D eigenvalue weighted by molar-refractivity contribution is 5.51. The zero-order valence-electron chi connectivity index (χ0n) is 5.27. The van der Waals surface area contributed by atoms with Crippen LogP contribution in [-0.2, 0) is 0 Å². The Hall–Kier alpha value is -0.330. The van der Waals surface area contributed by atoms with Crippen LogP contribution < -0.4 is 0 Å². The summed E-state index contributed by atoms with van der Waals surface area (Å²) in [5.41, 5.74) is 0. The normalized spacial score (nSPS) is 19.4. The summed E-state index contributed by atoms with van der Waals surface area (Å²) in [6, 6.07) is 0. The SMILES string of the molecule is [CH2-]CC=[N+]1CCCC1. The van der Waals surface area contributed by atoms with Crippen LogP contribution in [0, 0.1) is 6.92 Å². The smallest absolute Gasteiger partial charge is 0.142 e. The van der Waals surface area contributed by atoms with E-state index in [9.17, 15) is 0 Å². The Morgan fingerprint density at radius 2 is 2.00 bits per heavy atom. The topological polar surface area (TPSA) is 3.01 Å². The fourth-order valence-corrected chi connectivity index (χ4v) is 1.11. The van der Waals surface area contributed by atoms with Gasteiger partial charge in [0.05, 0.1) is 0 Å². The first kappa shape index (κ1) is 5.80. The molecule has 1 nitrogen and oxygen atoms in total. The van der Waals surface area contributed by atoms with Crippen LogP contribution in [0.3, 0.4) is 0 Å². The minimum absolute atomic E-state index is 0.944. The largest absolute Gasteiger partial charge is 0.334 e. The summed E-state index contributed by atoms with van der Waals surface area (Å²) in [7, 11) is 0.